The smallest absolute Gasteiger partial charge is 0.321 e. The van der Waals surface area contributed by atoms with E-state index in [0.29, 0.717) is 6.01 Å². The Morgan fingerprint density at radius 2 is 1.61 bits per heavy atom. The zero-order valence-corrected chi connectivity index (χ0v) is 11.0. The van der Waals surface area contributed by atoms with Crippen molar-refractivity contribution in [3.8, 4) is 11.8 Å². The molecule has 0 unspecified atom stereocenters. The fraction of sp³-hybridized carbons (Fsp3) is 0. The van der Waals surface area contributed by atoms with Crippen LogP contribution in [0.5, 0.6) is 11.8 Å². The van der Waals surface area contributed by atoms with Gasteiger partial charge in [-0.3, -0.25) is 0 Å². The second kappa shape index (κ2) is 4.74. The summed E-state index contributed by atoms with van der Waals surface area (Å²) < 4.78 is 6.53. The lowest BCUT2D eigenvalue weighted by atomic mass is 10.1. The molecule has 1 heterocycles. The maximum atomic E-state index is 5.70. The van der Waals surface area contributed by atoms with Crippen LogP contribution >= 0.6 is 15.9 Å². The molecule has 4 heteroatoms. The first-order valence-corrected chi connectivity index (χ1v) is 6.25. The van der Waals surface area contributed by atoms with E-state index >= 15 is 0 Å². The predicted octanol–water partition coefficient (Wildman–Crippen LogP) is 4.18. The third-order valence-corrected chi connectivity index (χ3v) is 2.96. The Morgan fingerprint density at radius 1 is 0.889 bits per heavy atom. The van der Waals surface area contributed by atoms with E-state index in [2.05, 4.69) is 25.9 Å². The fourth-order valence-electron chi connectivity index (χ4n) is 1.74. The molecule has 0 bridgehead atoms. The molecule has 3 aromatic rings. The first-order chi connectivity index (χ1) is 8.83. The lowest BCUT2D eigenvalue weighted by molar-refractivity contribution is 0.446. The highest BCUT2D eigenvalue weighted by Gasteiger charge is 2.04. The van der Waals surface area contributed by atoms with Gasteiger partial charge in [0.2, 0.25) is 0 Å². The largest absolute Gasteiger partial charge is 0.424 e. The number of nitrogens with zero attached hydrogens (tertiary/aromatic N) is 2. The van der Waals surface area contributed by atoms with Gasteiger partial charge in [0.1, 0.15) is 5.75 Å². The summed E-state index contributed by atoms with van der Waals surface area (Å²) in [7, 11) is 0. The highest BCUT2D eigenvalue weighted by molar-refractivity contribution is 9.10. The van der Waals surface area contributed by atoms with Crippen LogP contribution in [0.15, 0.2) is 59.3 Å². The van der Waals surface area contributed by atoms with Crippen LogP contribution in [0, 0.1) is 0 Å². The van der Waals surface area contributed by atoms with E-state index < -0.39 is 0 Å². The minimum Gasteiger partial charge on any atom is -0.424 e. The van der Waals surface area contributed by atoms with E-state index in [9.17, 15) is 0 Å². The molecule has 1 aromatic heterocycles. The van der Waals surface area contributed by atoms with E-state index in [1.165, 1.54) is 0 Å². The minimum absolute atomic E-state index is 0.342. The fourth-order valence-corrected chi connectivity index (χ4v) is 1.94. The van der Waals surface area contributed by atoms with Crippen molar-refractivity contribution in [2.24, 2.45) is 0 Å². The van der Waals surface area contributed by atoms with Crippen LogP contribution in [-0.2, 0) is 0 Å². The van der Waals surface area contributed by atoms with E-state index in [4.69, 9.17) is 4.74 Å². The van der Waals surface area contributed by atoms with Crippen LogP contribution in [0.3, 0.4) is 0 Å². The van der Waals surface area contributed by atoms with Gasteiger partial charge in [-0.1, -0.05) is 36.4 Å². The number of ether oxygens (including phenoxy) is 1. The average Bonchev–Trinajstić information content (AvgIpc) is 2.42. The lowest BCUT2D eigenvalue weighted by Crippen LogP contribution is -1.91. The molecule has 0 aliphatic rings. The lowest BCUT2D eigenvalue weighted by Gasteiger charge is -2.06. The average molecular weight is 301 g/mol. The molecule has 0 N–H and O–H groups in total. The maximum absolute atomic E-state index is 5.70. The van der Waals surface area contributed by atoms with Gasteiger partial charge < -0.3 is 4.74 Å². The summed E-state index contributed by atoms with van der Waals surface area (Å²) >= 11 is 3.29. The van der Waals surface area contributed by atoms with Gasteiger partial charge in [-0.25, -0.2) is 9.97 Å². The van der Waals surface area contributed by atoms with Gasteiger partial charge in [0.05, 0.1) is 4.47 Å². The van der Waals surface area contributed by atoms with E-state index in [1.807, 2.05) is 42.5 Å². The highest BCUT2D eigenvalue weighted by Crippen LogP contribution is 2.28. The third-order valence-electron chi connectivity index (χ3n) is 2.55. The SMILES string of the molecule is Brc1cnc(Oc2cccc3ccccc23)nc1. The summed E-state index contributed by atoms with van der Waals surface area (Å²) in [6.45, 7) is 0. The topological polar surface area (TPSA) is 35.0 Å². The van der Waals surface area contributed by atoms with Gasteiger partial charge >= 0.3 is 6.01 Å². The van der Waals surface area contributed by atoms with Crippen molar-refractivity contribution in [2.75, 3.05) is 0 Å². The first kappa shape index (κ1) is 11.2. The summed E-state index contributed by atoms with van der Waals surface area (Å²) in [5.74, 6) is 0.760. The molecule has 0 saturated carbocycles. The zero-order chi connectivity index (χ0) is 12.4. The Morgan fingerprint density at radius 3 is 2.44 bits per heavy atom. The summed E-state index contributed by atoms with van der Waals surface area (Å²) in [6.07, 6.45) is 3.32. The highest BCUT2D eigenvalue weighted by atomic mass is 79.9. The van der Waals surface area contributed by atoms with Crippen molar-refractivity contribution < 1.29 is 4.74 Å². The molecule has 88 valence electrons. The molecule has 0 aliphatic heterocycles. The number of hydrogen-bond donors (Lipinski definition) is 0. The number of rotatable bonds is 2. The Kier molecular flexibility index (Phi) is 2.94. The molecule has 0 radical (unpaired) electrons. The molecule has 0 spiro atoms. The standard InChI is InChI=1S/C14H9BrN2O/c15-11-8-16-14(17-9-11)18-13-7-3-5-10-4-1-2-6-12(10)13/h1-9H. The van der Waals surface area contributed by atoms with Crippen molar-refractivity contribution in [2.45, 2.75) is 0 Å². The molecule has 0 atom stereocenters. The Bertz CT molecular complexity index is 677. The predicted molar refractivity (Wildman–Crippen MR) is 73.8 cm³/mol. The van der Waals surface area contributed by atoms with Crippen LogP contribution in [0.4, 0.5) is 0 Å². The zero-order valence-electron chi connectivity index (χ0n) is 9.38. The molecule has 3 rings (SSSR count). The van der Waals surface area contributed by atoms with Crippen LogP contribution < -0.4 is 4.74 Å². The monoisotopic (exact) mass is 300 g/mol. The Balaban J connectivity index is 2.02. The number of fused-ring (bicyclic) bond motifs is 1. The van der Waals surface area contributed by atoms with Crippen molar-refractivity contribution >= 4 is 26.7 Å². The number of halogens is 1. The van der Waals surface area contributed by atoms with Crippen molar-refractivity contribution in [1.82, 2.24) is 9.97 Å². The molecule has 0 saturated heterocycles. The van der Waals surface area contributed by atoms with E-state index in [1.54, 1.807) is 12.4 Å². The molecule has 2 aromatic carbocycles. The molecule has 18 heavy (non-hydrogen) atoms. The van der Waals surface area contributed by atoms with Gasteiger partial charge in [-0.15, -0.1) is 0 Å². The van der Waals surface area contributed by atoms with Gasteiger partial charge in [-0.05, 0) is 27.4 Å². The van der Waals surface area contributed by atoms with Crippen molar-refractivity contribution in [3.05, 3.63) is 59.3 Å². The summed E-state index contributed by atoms with van der Waals surface area (Å²) in [5.41, 5.74) is 0. The first-order valence-electron chi connectivity index (χ1n) is 5.46. The second-order valence-electron chi connectivity index (χ2n) is 3.76. The maximum Gasteiger partial charge on any atom is 0.321 e. The molecule has 0 amide bonds. The Labute approximate surface area is 113 Å². The number of aromatic nitrogens is 2. The number of hydrogen-bond acceptors (Lipinski definition) is 3. The van der Waals surface area contributed by atoms with Crippen LogP contribution in [0.25, 0.3) is 10.8 Å². The van der Waals surface area contributed by atoms with Gasteiger partial charge in [0.25, 0.3) is 0 Å². The minimum atomic E-state index is 0.342. The van der Waals surface area contributed by atoms with Crippen LogP contribution in [0.1, 0.15) is 0 Å². The normalized spacial score (nSPS) is 10.5. The van der Waals surface area contributed by atoms with Gasteiger partial charge in [0.15, 0.2) is 0 Å². The number of benzene rings is 2. The van der Waals surface area contributed by atoms with Crippen molar-refractivity contribution in [1.29, 1.82) is 0 Å². The molecule has 3 nitrogen and oxygen atoms in total. The van der Waals surface area contributed by atoms with Gasteiger partial charge in [-0.2, -0.15) is 0 Å². The molecule has 0 fully saturated rings. The van der Waals surface area contributed by atoms with Crippen LogP contribution in [-0.4, -0.2) is 9.97 Å². The second-order valence-corrected chi connectivity index (χ2v) is 4.68. The molecule has 0 aliphatic carbocycles. The summed E-state index contributed by atoms with van der Waals surface area (Å²) in [5, 5.41) is 2.18. The van der Waals surface area contributed by atoms with E-state index in [0.717, 1.165) is 21.0 Å². The third kappa shape index (κ3) is 2.19. The van der Waals surface area contributed by atoms with Crippen molar-refractivity contribution in [3.63, 3.8) is 0 Å². The molecular formula is C14H9BrN2O. The van der Waals surface area contributed by atoms with Crippen LogP contribution in [0.2, 0.25) is 0 Å². The van der Waals surface area contributed by atoms with Gasteiger partial charge in [0, 0.05) is 17.8 Å². The quantitative estimate of drug-likeness (QED) is 0.712. The molecular weight excluding hydrogens is 292 g/mol. The summed E-state index contributed by atoms with van der Waals surface area (Å²) in [4.78, 5) is 8.20. The van der Waals surface area contributed by atoms with E-state index in [-0.39, 0.29) is 0 Å². The summed E-state index contributed by atoms with van der Waals surface area (Å²) in [6, 6.07) is 14.3. The Hall–Kier alpha value is -1.94.